The average molecular weight is 197 g/mol. The highest BCUT2D eigenvalue weighted by Gasteiger charge is 2.01. The number of benzene rings is 1. The first kappa shape index (κ1) is 10.7. The third-order valence-corrected chi connectivity index (χ3v) is 1.73. The van der Waals surface area contributed by atoms with E-state index in [4.69, 9.17) is 4.74 Å². The van der Waals surface area contributed by atoms with E-state index in [9.17, 15) is 9.28 Å². The molecule has 4 heteroatoms. The van der Waals surface area contributed by atoms with Crippen LogP contribution >= 0.6 is 0 Å². The van der Waals surface area contributed by atoms with Gasteiger partial charge in [0.05, 0.1) is 0 Å². The Morgan fingerprint density at radius 1 is 1.43 bits per heavy atom. The molecule has 0 saturated carbocycles. The molecule has 0 aliphatic rings. The molecule has 1 rings (SSSR count). The van der Waals surface area contributed by atoms with E-state index in [1.165, 1.54) is 5.54 Å². The summed E-state index contributed by atoms with van der Waals surface area (Å²) in [5.41, 5.74) is 3.27. The van der Waals surface area contributed by atoms with Crippen LogP contribution in [-0.4, -0.2) is 12.5 Å². The largest absolute Gasteiger partial charge is 0.460 e. The fourth-order valence-corrected chi connectivity index (χ4v) is 0.954. The molecule has 76 valence electrons. The van der Waals surface area contributed by atoms with Crippen LogP contribution in [0.1, 0.15) is 11.1 Å². The van der Waals surface area contributed by atoms with Gasteiger partial charge in [0, 0.05) is 0 Å². The van der Waals surface area contributed by atoms with E-state index >= 15 is 0 Å². The lowest BCUT2D eigenvalue weighted by molar-refractivity contribution is -0.144. The fraction of sp³-hybridized carbons (Fsp3) is 0.300. The number of hydrogen-bond acceptors (Lipinski definition) is 3. The summed E-state index contributed by atoms with van der Waals surface area (Å²) < 4.78 is 16.2. The molecule has 0 bridgehead atoms. The minimum atomic E-state index is -0.604. The van der Waals surface area contributed by atoms with E-state index in [1.54, 1.807) is 0 Å². The average Bonchev–Trinajstić information content (AvgIpc) is 2.17. The summed E-state index contributed by atoms with van der Waals surface area (Å²) in [6, 6.07) is 7.59. The molecule has 1 aromatic rings. The van der Waals surface area contributed by atoms with Gasteiger partial charge >= 0.3 is 5.97 Å². The van der Waals surface area contributed by atoms with E-state index in [-0.39, 0.29) is 6.61 Å². The molecule has 0 unspecified atom stereocenters. The van der Waals surface area contributed by atoms with Crippen LogP contribution in [-0.2, 0) is 16.1 Å². The molecule has 0 amide bonds. The van der Waals surface area contributed by atoms with Gasteiger partial charge < -0.3 is 4.74 Å². The Kier molecular flexibility index (Phi) is 4.07. The maximum Gasteiger partial charge on any atom is 0.322 e. The highest BCUT2D eigenvalue weighted by molar-refractivity contribution is 5.71. The summed E-state index contributed by atoms with van der Waals surface area (Å²) in [4.78, 5) is 10.8. The second kappa shape index (κ2) is 5.34. The Balaban J connectivity index is 2.38. The summed E-state index contributed by atoms with van der Waals surface area (Å²) in [5, 5.41) is 0. The number of halogens is 1. The zero-order valence-corrected chi connectivity index (χ0v) is 7.92. The van der Waals surface area contributed by atoms with Crippen molar-refractivity contribution >= 4 is 5.97 Å². The molecule has 0 fully saturated rings. The van der Waals surface area contributed by atoms with Gasteiger partial charge in [0.25, 0.3) is 0 Å². The van der Waals surface area contributed by atoms with Crippen LogP contribution in [0.3, 0.4) is 0 Å². The van der Waals surface area contributed by atoms with Crippen molar-refractivity contribution in [2.75, 3.05) is 6.54 Å². The van der Waals surface area contributed by atoms with Gasteiger partial charge in [-0.15, -0.1) is 10.0 Å². The maximum absolute atomic E-state index is 11.5. The molecule has 0 aliphatic heterocycles. The second-order valence-corrected chi connectivity index (χ2v) is 2.96. The number of nitrogens with one attached hydrogen (secondary N) is 1. The van der Waals surface area contributed by atoms with Crippen molar-refractivity contribution in [1.82, 2.24) is 5.54 Å². The highest BCUT2D eigenvalue weighted by Crippen LogP contribution is 2.04. The van der Waals surface area contributed by atoms with Crippen LogP contribution in [0.15, 0.2) is 24.3 Å². The van der Waals surface area contributed by atoms with Crippen molar-refractivity contribution < 1.29 is 14.0 Å². The molecule has 0 atom stereocenters. The fourth-order valence-electron chi connectivity index (χ4n) is 0.954. The summed E-state index contributed by atoms with van der Waals surface area (Å²) in [6.07, 6.45) is 0. The number of hydrogen-bond donors (Lipinski definition) is 1. The smallest absolute Gasteiger partial charge is 0.322 e. The van der Waals surface area contributed by atoms with Crippen LogP contribution in [0.5, 0.6) is 0 Å². The van der Waals surface area contributed by atoms with Crippen molar-refractivity contribution in [2.45, 2.75) is 13.5 Å². The minimum absolute atomic E-state index is 0.181. The third-order valence-electron chi connectivity index (χ3n) is 1.73. The Bertz CT molecular complexity index is 297. The minimum Gasteiger partial charge on any atom is -0.460 e. The van der Waals surface area contributed by atoms with Crippen LogP contribution in [0.2, 0.25) is 0 Å². The highest BCUT2D eigenvalue weighted by atomic mass is 19.2. The summed E-state index contributed by atoms with van der Waals surface area (Å²) in [6.45, 7) is 1.75. The van der Waals surface area contributed by atoms with Gasteiger partial charge in [0.1, 0.15) is 13.2 Å². The van der Waals surface area contributed by atoms with Gasteiger partial charge in [0.15, 0.2) is 0 Å². The van der Waals surface area contributed by atoms with Crippen LogP contribution in [0, 0.1) is 6.92 Å². The Hall–Kier alpha value is -1.42. The molecular formula is C10H12FNO2. The topological polar surface area (TPSA) is 38.3 Å². The molecule has 1 N–H and O–H groups in total. The van der Waals surface area contributed by atoms with Crippen LogP contribution in [0.4, 0.5) is 4.48 Å². The number of esters is 1. The molecule has 0 spiro atoms. The summed E-state index contributed by atoms with van der Waals surface area (Å²) >= 11 is 0. The number of rotatable bonds is 4. The van der Waals surface area contributed by atoms with Gasteiger partial charge in [-0.25, -0.2) is 0 Å². The van der Waals surface area contributed by atoms with Crippen molar-refractivity contribution in [3.05, 3.63) is 35.4 Å². The van der Waals surface area contributed by atoms with Gasteiger partial charge in [-0.3, -0.25) is 4.79 Å². The van der Waals surface area contributed by atoms with E-state index in [0.29, 0.717) is 0 Å². The zero-order chi connectivity index (χ0) is 10.4. The van der Waals surface area contributed by atoms with Crippen LogP contribution in [0.25, 0.3) is 0 Å². The van der Waals surface area contributed by atoms with Crippen molar-refractivity contribution in [3.8, 4) is 0 Å². The standard InChI is InChI=1S/C10H12FNO2/c1-8-2-4-9(5-3-8)7-14-10(13)6-12-11/h2-5,12H,6-7H2,1H3. The Morgan fingerprint density at radius 2 is 2.07 bits per heavy atom. The van der Waals surface area contributed by atoms with E-state index in [0.717, 1.165) is 11.1 Å². The molecule has 1 aromatic carbocycles. The van der Waals surface area contributed by atoms with Crippen molar-refractivity contribution in [3.63, 3.8) is 0 Å². The molecule has 3 nitrogen and oxygen atoms in total. The third kappa shape index (κ3) is 3.53. The molecule has 0 heterocycles. The Morgan fingerprint density at radius 3 is 2.64 bits per heavy atom. The number of carbonyl (C=O) groups is 1. The molecule has 0 radical (unpaired) electrons. The van der Waals surface area contributed by atoms with Gasteiger partial charge in [-0.05, 0) is 12.5 Å². The van der Waals surface area contributed by atoms with Gasteiger partial charge in [-0.1, -0.05) is 29.8 Å². The van der Waals surface area contributed by atoms with Crippen molar-refractivity contribution in [2.24, 2.45) is 0 Å². The Labute approximate surface area is 81.8 Å². The molecule has 0 aromatic heterocycles. The van der Waals surface area contributed by atoms with Gasteiger partial charge in [0.2, 0.25) is 0 Å². The number of carbonyl (C=O) groups excluding carboxylic acids is 1. The quantitative estimate of drug-likeness (QED) is 0.587. The number of aryl methyl sites for hydroxylation is 1. The van der Waals surface area contributed by atoms with Crippen LogP contribution < -0.4 is 5.54 Å². The van der Waals surface area contributed by atoms with E-state index in [1.807, 2.05) is 31.2 Å². The lowest BCUT2D eigenvalue weighted by Crippen LogP contribution is -2.17. The van der Waals surface area contributed by atoms with Crippen molar-refractivity contribution in [1.29, 1.82) is 0 Å². The zero-order valence-electron chi connectivity index (χ0n) is 7.92. The molecule has 0 saturated heterocycles. The SMILES string of the molecule is Cc1ccc(COC(=O)CNF)cc1. The maximum atomic E-state index is 11.5. The van der Waals surface area contributed by atoms with E-state index < -0.39 is 12.5 Å². The molecular weight excluding hydrogens is 185 g/mol. The molecule has 14 heavy (non-hydrogen) atoms. The lowest BCUT2D eigenvalue weighted by Gasteiger charge is -2.03. The molecule has 0 aliphatic carbocycles. The normalized spacial score (nSPS) is 9.86. The first-order valence-corrected chi connectivity index (χ1v) is 4.27. The van der Waals surface area contributed by atoms with Gasteiger partial charge in [-0.2, -0.15) is 0 Å². The monoisotopic (exact) mass is 197 g/mol. The predicted molar refractivity (Wildman–Crippen MR) is 50.1 cm³/mol. The first-order chi connectivity index (χ1) is 6.72. The first-order valence-electron chi connectivity index (χ1n) is 4.27. The second-order valence-electron chi connectivity index (χ2n) is 2.96. The summed E-state index contributed by atoms with van der Waals surface area (Å²) in [7, 11) is 0. The lowest BCUT2D eigenvalue weighted by atomic mass is 10.2. The number of ether oxygens (including phenoxy) is 1. The summed E-state index contributed by atoms with van der Waals surface area (Å²) in [5.74, 6) is -0.604. The van der Waals surface area contributed by atoms with E-state index in [2.05, 4.69) is 0 Å². The predicted octanol–water partition coefficient (Wildman–Crippen LogP) is 1.51.